The summed E-state index contributed by atoms with van der Waals surface area (Å²) in [4.78, 5) is 12.6. The number of benzene rings is 2. The first-order valence-corrected chi connectivity index (χ1v) is 7.05. The van der Waals surface area contributed by atoms with Gasteiger partial charge in [-0.05, 0) is 30.3 Å². The van der Waals surface area contributed by atoms with Gasteiger partial charge in [0, 0.05) is 17.0 Å². The third-order valence-corrected chi connectivity index (χ3v) is 3.87. The maximum absolute atomic E-state index is 12.6. The molecule has 0 amide bonds. The average molecular weight is 310 g/mol. The van der Waals surface area contributed by atoms with Crippen LogP contribution in [0.5, 0.6) is 23.0 Å². The minimum absolute atomic E-state index is 0.170. The minimum atomic E-state index is -0.221. The number of hydrogen-bond donors (Lipinski definition) is 0. The van der Waals surface area contributed by atoms with Gasteiger partial charge in [0.2, 0.25) is 19.4 Å². The Labute approximate surface area is 130 Å². The number of carbonyl (C=O) groups excluding carboxylic acids is 1. The largest absolute Gasteiger partial charge is 0.454 e. The molecule has 1 aromatic heterocycles. The van der Waals surface area contributed by atoms with Crippen molar-refractivity contribution in [1.29, 1.82) is 0 Å². The van der Waals surface area contributed by atoms with Crippen molar-refractivity contribution in [3.8, 4) is 23.0 Å². The summed E-state index contributed by atoms with van der Waals surface area (Å²) in [5.41, 5.74) is 1.06. The Balaban J connectivity index is 1.56. The quantitative estimate of drug-likeness (QED) is 0.678. The van der Waals surface area contributed by atoms with Gasteiger partial charge >= 0.3 is 0 Å². The van der Waals surface area contributed by atoms with E-state index in [4.69, 9.17) is 23.4 Å². The van der Waals surface area contributed by atoms with E-state index in [0.717, 1.165) is 5.39 Å². The lowest BCUT2D eigenvalue weighted by molar-refractivity contribution is 0.101. The van der Waals surface area contributed by atoms with Crippen LogP contribution in [0.2, 0.25) is 0 Å². The Morgan fingerprint density at radius 1 is 0.783 bits per heavy atom. The number of ketones is 1. The highest BCUT2D eigenvalue weighted by Crippen LogP contribution is 2.38. The average Bonchev–Trinajstić information content (AvgIpc) is 3.28. The first-order valence-electron chi connectivity index (χ1n) is 7.05. The van der Waals surface area contributed by atoms with Crippen LogP contribution in [-0.2, 0) is 0 Å². The van der Waals surface area contributed by atoms with Crippen molar-refractivity contribution in [2.45, 2.75) is 0 Å². The number of fused-ring (bicyclic) bond motifs is 3. The molecule has 0 fully saturated rings. The van der Waals surface area contributed by atoms with Crippen LogP contribution >= 0.6 is 0 Å². The zero-order valence-corrected chi connectivity index (χ0v) is 11.8. The van der Waals surface area contributed by atoms with Crippen molar-refractivity contribution in [3.63, 3.8) is 0 Å². The molecule has 2 aliphatic heterocycles. The van der Waals surface area contributed by atoms with E-state index in [9.17, 15) is 4.79 Å². The van der Waals surface area contributed by atoms with Gasteiger partial charge in [-0.2, -0.15) is 0 Å². The molecule has 0 unspecified atom stereocenters. The molecular weight excluding hydrogens is 300 g/mol. The van der Waals surface area contributed by atoms with Gasteiger partial charge in [-0.15, -0.1) is 0 Å². The predicted octanol–water partition coefficient (Wildman–Crippen LogP) is 3.12. The van der Waals surface area contributed by atoms with E-state index >= 15 is 0 Å². The van der Waals surface area contributed by atoms with Crippen LogP contribution in [0, 0.1) is 0 Å². The molecule has 3 aromatic rings. The maximum atomic E-state index is 12.6. The first kappa shape index (κ1) is 12.4. The summed E-state index contributed by atoms with van der Waals surface area (Å²) in [5, 5.41) is 0.790. The van der Waals surface area contributed by atoms with Crippen molar-refractivity contribution in [1.82, 2.24) is 0 Å². The molecule has 0 saturated carbocycles. The van der Waals surface area contributed by atoms with Gasteiger partial charge in [0.1, 0.15) is 5.58 Å². The molecular formula is C17H10O6. The number of furan rings is 1. The molecule has 6 nitrogen and oxygen atoms in total. The highest BCUT2D eigenvalue weighted by atomic mass is 16.7. The van der Waals surface area contributed by atoms with Gasteiger partial charge in [0.15, 0.2) is 28.8 Å². The van der Waals surface area contributed by atoms with Crippen LogP contribution in [-0.4, -0.2) is 19.4 Å². The lowest BCUT2D eigenvalue weighted by Crippen LogP contribution is -1.99. The molecule has 0 atom stereocenters. The van der Waals surface area contributed by atoms with Crippen molar-refractivity contribution >= 4 is 16.8 Å². The Hall–Kier alpha value is -3.15. The first-order chi connectivity index (χ1) is 11.3. The molecule has 0 N–H and O–H groups in total. The molecule has 0 spiro atoms. The monoisotopic (exact) mass is 310 g/mol. The Kier molecular flexibility index (Phi) is 2.38. The third-order valence-electron chi connectivity index (χ3n) is 3.87. The van der Waals surface area contributed by atoms with E-state index in [1.807, 2.05) is 0 Å². The van der Waals surface area contributed by atoms with Crippen LogP contribution in [0.3, 0.4) is 0 Å². The van der Waals surface area contributed by atoms with Crippen LogP contribution < -0.4 is 18.9 Å². The van der Waals surface area contributed by atoms with Crippen molar-refractivity contribution < 1.29 is 28.2 Å². The van der Waals surface area contributed by atoms with Gasteiger partial charge in [0.05, 0.1) is 0 Å². The Morgan fingerprint density at radius 3 is 2.30 bits per heavy atom. The summed E-state index contributed by atoms with van der Waals surface area (Å²) in [6.07, 6.45) is 0. The number of carbonyl (C=O) groups is 1. The van der Waals surface area contributed by atoms with Gasteiger partial charge in [0.25, 0.3) is 0 Å². The second-order valence-corrected chi connectivity index (χ2v) is 5.25. The minimum Gasteiger partial charge on any atom is -0.454 e. The highest BCUT2D eigenvalue weighted by molar-refractivity contribution is 6.09. The Bertz CT molecular complexity index is 914. The summed E-state index contributed by atoms with van der Waals surface area (Å²) < 4.78 is 26.9. The normalized spacial score (nSPS) is 14.4. The van der Waals surface area contributed by atoms with Crippen molar-refractivity contribution in [2.75, 3.05) is 13.6 Å². The molecule has 2 aliphatic rings. The zero-order chi connectivity index (χ0) is 15.4. The lowest BCUT2D eigenvalue weighted by Gasteiger charge is -2.00. The number of hydrogen-bond acceptors (Lipinski definition) is 6. The van der Waals surface area contributed by atoms with Gasteiger partial charge in [-0.1, -0.05) is 0 Å². The van der Waals surface area contributed by atoms with Gasteiger partial charge < -0.3 is 23.4 Å². The SMILES string of the molecule is O=C(c1ccc2c(c1)OCO2)c1cc2cc3c(cc2o1)OCO3. The molecule has 0 aliphatic carbocycles. The van der Waals surface area contributed by atoms with E-state index in [2.05, 4.69) is 0 Å². The van der Waals surface area contributed by atoms with Crippen LogP contribution in [0.4, 0.5) is 0 Å². The maximum Gasteiger partial charge on any atom is 0.231 e. The topological polar surface area (TPSA) is 67.1 Å². The fourth-order valence-electron chi connectivity index (χ4n) is 2.72. The molecule has 0 saturated heterocycles. The molecule has 5 rings (SSSR count). The van der Waals surface area contributed by atoms with Crippen LogP contribution in [0.15, 0.2) is 40.8 Å². The highest BCUT2D eigenvalue weighted by Gasteiger charge is 2.21. The molecule has 23 heavy (non-hydrogen) atoms. The van der Waals surface area contributed by atoms with E-state index in [1.54, 1.807) is 36.4 Å². The fraction of sp³-hybridized carbons (Fsp3) is 0.118. The lowest BCUT2D eigenvalue weighted by atomic mass is 10.1. The van der Waals surface area contributed by atoms with Gasteiger partial charge in [-0.3, -0.25) is 4.79 Å². The Morgan fingerprint density at radius 2 is 1.48 bits per heavy atom. The van der Waals surface area contributed by atoms with Crippen molar-refractivity contribution in [3.05, 3.63) is 47.7 Å². The molecule has 0 radical (unpaired) electrons. The second-order valence-electron chi connectivity index (χ2n) is 5.25. The molecule has 2 aromatic carbocycles. The van der Waals surface area contributed by atoms with E-state index in [1.165, 1.54) is 0 Å². The molecule has 6 heteroatoms. The number of rotatable bonds is 2. The summed E-state index contributed by atoms with van der Waals surface area (Å²) >= 11 is 0. The van der Waals surface area contributed by atoms with Crippen LogP contribution in [0.25, 0.3) is 11.0 Å². The fourth-order valence-corrected chi connectivity index (χ4v) is 2.72. The van der Waals surface area contributed by atoms with E-state index in [0.29, 0.717) is 34.1 Å². The smallest absolute Gasteiger partial charge is 0.231 e. The standard InChI is InChI=1S/C17H10O6/c18-17(9-1-2-11-13(3-9)20-7-19-11)16-5-10-4-14-15(22-8-21-14)6-12(10)23-16/h1-6H,7-8H2. The summed E-state index contributed by atoms with van der Waals surface area (Å²) in [6, 6.07) is 10.3. The molecule has 114 valence electrons. The molecule has 3 heterocycles. The van der Waals surface area contributed by atoms with E-state index < -0.39 is 0 Å². The van der Waals surface area contributed by atoms with Gasteiger partial charge in [-0.25, -0.2) is 0 Å². The van der Waals surface area contributed by atoms with Crippen LogP contribution in [0.1, 0.15) is 16.1 Å². The summed E-state index contributed by atoms with van der Waals surface area (Å²) in [7, 11) is 0. The third kappa shape index (κ3) is 1.85. The zero-order valence-electron chi connectivity index (χ0n) is 11.8. The molecule has 0 bridgehead atoms. The second kappa shape index (κ2) is 4.42. The number of ether oxygens (including phenoxy) is 4. The van der Waals surface area contributed by atoms with E-state index in [-0.39, 0.29) is 25.1 Å². The van der Waals surface area contributed by atoms with Crippen molar-refractivity contribution in [2.24, 2.45) is 0 Å². The summed E-state index contributed by atoms with van der Waals surface area (Å²) in [6.45, 7) is 0.369. The summed E-state index contributed by atoms with van der Waals surface area (Å²) in [5.74, 6) is 2.50. The predicted molar refractivity (Wildman–Crippen MR) is 78.3 cm³/mol.